The molecular formula is C10H20N4O2. The van der Waals surface area contributed by atoms with Crippen molar-refractivity contribution in [2.45, 2.75) is 38.9 Å². The largest absolute Gasteiger partial charge is 0.396 e. The van der Waals surface area contributed by atoms with Crippen LogP contribution in [0.2, 0.25) is 0 Å². The fraction of sp³-hybridized carbons (Fsp3) is 0.800. The summed E-state index contributed by atoms with van der Waals surface area (Å²) in [5.41, 5.74) is 0.852. The summed E-state index contributed by atoms with van der Waals surface area (Å²) in [5.74, 6) is 0. The Morgan fingerprint density at radius 3 is 2.94 bits per heavy atom. The first-order valence-electron chi connectivity index (χ1n) is 5.64. The molecule has 0 unspecified atom stereocenters. The molecule has 1 aromatic rings. The molecule has 0 aromatic carbocycles. The highest BCUT2D eigenvalue weighted by molar-refractivity contribution is 4.92. The second-order valence-corrected chi connectivity index (χ2v) is 3.72. The molecule has 0 amide bonds. The zero-order chi connectivity index (χ0) is 11.8. The van der Waals surface area contributed by atoms with Crippen LogP contribution in [0.3, 0.4) is 0 Å². The van der Waals surface area contributed by atoms with Crippen LogP contribution >= 0.6 is 0 Å². The van der Waals surface area contributed by atoms with Gasteiger partial charge in [0.25, 0.3) is 0 Å². The Balaban J connectivity index is 2.33. The Hall–Kier alpha value is -0.980. The molecule has 3 N–H and O–H groups in total. The lowest BCUT2D eigenvalue weighted by Crippen LogP contribution is -2.31. The Labute approximate surface area is 95.3 Å². The number of nitrogens with one attached hydrogen (secondary N) is 1. The van der Waals surface area contributed by atoms with E-state index in [9.17, 15) is 0 Å². The molecule has 1 heterocycles. The second kappa shape index (κ2) is 7.32. The summed E-state index contributed by atoms with van der Waals surface area (Å²) in [6.45, 7) is 3.61. The Morgan fingerprint density at radius 2 is 2.31 bits per heavy atom. The topological polar surface area (TPSA) is 83.2 Å². The van der Waals surface area contributed by atoms with Gasteiger partial charge in [-0.3, -0.25) is 4.68 Å². The first kappa shape index (κ1) is 13.1. The molecular weight excluding hydrogens is 208 g/mol. The molecule has 0 bridgehead atoms. The minimum Gasteiger partial charge on any atom is -0.396 e. The lowest BCUT2D eigenvalue weighted by Gasteiger charge is -2.11. The first-order valence-corrected chi connectivity index (χ1v) is 5.64. The zero-order valence-corrected chi connectivity index (χ0v) is 9.63. The Kier molecular flexibility index (Phi) is 5.99. The maximum absolute atomic E-state index is 8.99. The third-order valence-electron chi connectivity index (χ3n) is 2.42. The van der Waals surface area contributed by atoms with Gasteiger partial charge in [-0.2, -0.15) is 0 Å². The molecule has 16 heavy (non-hydrogen) atoms. The molecule has 0 spiro atoms. The van der Waals surface area contributed by atoms with E-state index in [1.165, 1.54) is 0 Å². The Bertz CT molecular complexity index is 286. The molecule has 1 aromatic heterocycles. The number of nitrogens with zero attached hydrogens (tertiary/aromatic N) is 3. The van der Waals surface area contributed by atoms with Crippen LogP contribution in [0.15, 0.2) is 6.20 Å². The predicted octanol–water partition coefficient (Wildman–Crippen LogP) is -0.479. The van der Waals surface area contributed by atoms with E-state index in [0.29, 0.717) is 19.5 Å². The molecule has 0 aliphatic carbocycles. The van der Waals surface area contributed by atoms with Crippen LogP contribution < -0.4 is 5.32 Å². The standard InChI is InChI=1S/C10H20N4O2/c1-2-9(8-16)11-6-10-7-14(13-12-10)4-3-5-15/h7,9,11,15-16H,2-6,8H2,1H3/t9-/m0/s1. The summed E-state index contributed by atoms with van der Waals surface area (Å²) in [7, 11) is 0. The van der Waals surface area contributed by atoms with Crippen molar-refractivity contribution in [1.82, 2.24) is 20.3 Å². The van der Waals surface area contributed by atoms with Gasteiger partial charge in [-0.25, -0.2) is 0 Å². The van der Waals surface area contributed by atoms with Gasteiger partial charge < -0.3 is 15.5 Å². The first-order chi connectivity index (χ1) is 7.80. The van der Waals surface area contributed by atoms with E-state index in [1.807, 2.05) is 13.1 Å². The molecule has 6 nitrogen and oxygen atoms in total. The van der Waals surface area contributed by atoms with Crippen molar-refractivity contribution < 1.29 is 10.2 Å². The summed E-state index contributed by atoms with van der Waals surface area (Å²) in [6.07, 6.45) is 3.42. The van der Waals surface area contributed by atoms with Gasteiger partial charge in [0.05, 0.1) is 12.3 Å². The molecule has 92 valence electrons. The van der Waals surface area contributed by atoms with E-state index in [-0.39, 0.29) is 19.3 Å². The van der Waals surface area contributed by atoms with Crippen molar-refractivity contribution in [3.05, 3.63) is 11.9 Å². The van der Waals surface area contributed by atoms with Gasteiger partial charge in [-0.1, -0.05) is 12.1 Å². The van der Waals surface area contributed by atoms with Crippen LogP contribution in [0.4, 0.5) is 0 Å². The van der Waals surface area contributed by atoms with Crippen LogP contribution in [0.25, 0.3) is 0 Å². The average Bonchev–Trinajstić information content (AvgIpc) is 2.76. The minimum atomic E-state index is 0.114. The number of hydrogen-bond acceptors (Lipinski definition) is 5. The maximum atomic E-state index is 8.99. The van der Waals surface area contributed by atoms with Gasteiger partial charge in [-0.05, 0) is 12.8 Å². The third-order valence-corrected chi connectivity index (χ3v) is 2.42. The summed E-state index contributed by atoms with van der Waals surface area (Å²) in [4.78, 5) is 0. The van der Waals surface area contributed by atoms with Crippen molar-refractivity contribution >= 4 is 0 Å². The summed E-state index contributed by atoms with van der Waals surface area (Å²) < 4.78 is 1.72. The highest BCUT2D eigenvalue weighted by Gasteiger charge is 2.05. The van der Waals surface area contributed by atoms with Gasteiger partial charge >= 0.3 is 0 Å². The lowest BCUT2D eigenvalue weighted by molar-refractivity contribution is 0.238. The van der Waals surface area contributed by atoms with E-state index < -0.39 is 0 Å². The summed E-state index contributed by atoms with van der Waals surface area (Å²) >= 11 is 0. The summed E-state index contributed by atoms with van der Waals surface area (Å²) in [6, 6.07) is 0.114. The fourth-order valence-corrected chi connectivity index (χ4v) is 1.35. The maximum Gasteiger partial charge on any atom is 0.0964 e. The molecule has 0 saturated carbocycles. The summed E-state index contributed by atoms with van der Waals surface area (Å²) in [5, 5.41) is 28.8. The average molecular weight is 228 g/mol. The number of aliphatic hydroxyl groups excluding tert-OH is 2. The highest BCUT2D eigenvalue weighted by Crippen LogP contribution is 1.96. The molecule has 1 atom stereocenters. The quantitative estimate of drug-likeness (QED) is 0.560. The van der Waals surface area contributed by atoms with E-state index in [2.05, 4.69) is 15.6 Å². The van der Waals surface area contributed by atoms with Crippen LogP contribution in [0, 0.1) is 0 Å². The van der Waals surface area contributed by atoms with Gasteiger partial charge in [0.15, 0.2) is 0 Å². The van der Waals surface area contributed by atoms with Crippen LogP contribution in [0.1, 0.15) is 25.5 Å². The van der Waals surface area contributed by atoms with Gasteiger partial charge in [0, 0.05) is 31.9 Å². The number of aliphatic hydroxyl groups is 2. The normalized spacial score (nSPS) is 12.9. The molecule has 0 aliphatic rings. The lowest BCUT2D eigenvalue weighted by atomic mass is 10.2. The molecule has 1 rings (SSSR count). The number of aryl methyl sites for hydroxylation is 1. The fourth-order valence-electron chi connectivity index (χ4n) is 1.35. The molecule has 0 radical (unpaired) electrons. The van der Waals surface area contributed by atoms with Crippen LogP contribution in [-0.4, -0.2) is 44.5 Å². The SMILES string of the molecule is CC[C@@H](CO)NCc1cn(CCCO)nn1. The van der Waals surface area contributed by atoms with Crippen LogP contribution in [-0.2, 0) is 13.1 Å². The second-order valence-electron chi connectivity index (χ2n) is 3.72. The number of rotatable bonds is 8. The number of aromatic nitrogens is 3. The van der Waals surface area contributed by atoms with Crippen molar-refractivity contribution in [2.24, 2.45) is 0 Å². The molecule has 0 fully saturated rings. The van der Waals surface area contributed by atoms with Crippen molar-refractivity contribution in [3.8, 4) is 0 Å². The van der Waals surface area contributed by atoms with Gasteiger partial charge in [-0.15, -0.1) is 5.10 Å². The van der Waals surface area contributed by atoms with E-state index >= 15 is 0 Å². The van der Waals surface area contributed by atoms with E-state index in [0.717, 1.165) is 12.1 Å². The van der Waals surface area contributed by atoms with Crippen molar-refractivity contribution in [1.29, 1.82) is 0 Å². The van der Waals surface area contributed by atoms with Crippen LogP contribution in [0.5, 0.6) is 0 Å². The molecule has 6 heteroatoms. The third kappa shape index (κ3) is 4.26. The molecule has 0 saturated heterocycles. The minimum absolute atomic E-state index is 0.114. The van der Waals surface area contributed by atoms with Gasteiger partial charge in [0.2, 0.25) is 0 Å². The smallest absolute Gasteiger partial charge is 0.0964 e. The van der Waals surface area contributed by atoms with E-state index in [1.54, 1.807) is 4.68 Å². The predicted molar refractivity (Wildman–Crippen MR) is 59.7 cm³/mol. The van der Waals surface area contributed by atoms with Crippen molar-refractivity contribution in [2.75, 3.05) is 13.2 Å². The number of hydrogen-bond donors (Lipinski definition) is 3. The van der Waals surface area contributed by atoms with E-state index in [4.69, 9.17) is 10.2 Å². The van der Waals surface area contributed by atoms with Crippen molar-refractivity contribution in [3.63, 3.8) is 0 Å². The molecule has 0 aliphatic heterocycles. The Morgan fingerprint density at radius 1 is 1.50 bits per heavy atom. The van der Waals surface area contributed by atoms with Gasteiger partial charge in [0.1, 0.15) is 0 Å². The highest BCUT2D eigenvalue weighted by atomic mass is 16.3. The zero-order valence-electron chi connectivity index (χ0n) is 9.63. The monoisotopic (exact) mass is 228 g/mol.